The zero-order valence-electron chi connectivity index (χ0n) is 11.1. The summed E-state index contributed by atoms with van der Waals surface area (Å²) in [6.45, 7) is 0. The second-order valence-corrected chi connectivity index (χ2v) is 6.08. The molecule has 1 unspecified atom stereocenters. The van der Waals surface area contributed by atoms with E-state index in [1.807, 2.05) is 30.3 Å². The van der Waals surface area contributed by atoms with Crippen LogP contribution >= 0.6 is 0 Å². The lowest BCUT2D eigenvalue weighted by molar-refractivity contribution is 0.623. The van der Waals surface area contributed by atoms with Gasteiger partial charge in [0.05, 0.1) is 27.0 Å². The van der Waals surface area contributed by atoms with Gasteiger partial charge in [0, 0.05) is 17.3 Å². The van der Waals surface area contributed by atoms with Crippen molar-refractivity contribution in [1.82, 2.24) is 4.98 Å². The molecule has 0 saturated carbocycles. The van der Waals surface area contributed by atoms with Gasteiger partial charge in [0.2, 0.25) is 0 Å². The average Bonchev–Trinajstić information content (AvgIpc) is 2.50. The molecule has 0 saturated heterocycles. The van der Waals surface area contributed by atoms with E-state index in [4.69, 9.17) is 5.73 Å². The number of benzene rings is 2. The van der Waals surface area contributed by atoms with Gasteiger partial charge in [-0.2, -0.15) is 0 Å². The summed E-state index contributed by atoms with van der Waals surface area (Å²) in [7, 11) is -1.41. The first kappa shape index (κ1) is 13.7. The standard InChI is InChI=1S/C16H13FN2OS/c17-12-5-6-14(18)16(9-12)21(20)10-11-7-8-19-15-4-2-1-3-13(11)15/h1-9H,10,18H2. The second-order valence-electron chi connectivity index (χ2n) is 4.66. The molecular formula is C16H13FN2OS. The fraction of sp³-hybridized carbons (Fsp3) is 0.0625. The summed E-state index contributed by atoms with van der Waals surface area (Å²) in [5.74, 6) is -0.163. The number of anilines is 1. The van der Waals surface area contributed by atoms with Crippen LogP contribution in [0.1, 0.15) is 5.56 Å². The van der Waals surface area contributed by atoms with E-state index in [1.54, 1.807) is 6.20 Å². The van der Waals surface area contributed by atoms with Crippen LogP contribution in [-0.4, -0.2) is 9.19 Å². The molecule has 0 radical (unpaired) electrons. The molecule has 0 amide bonds. The average molecular weight is 300 g/mol. The number of rotatable bonds is 3. The first-order valence-electron chi connectivity index (χ1n) is 6.41. The summed E-state index contributed by atoms with van der Waals surface area (Å²) in [6, 6.07) is 13.4. The van der Waals surface area contributed by atoms with Crippen LogP contribution in [0.5, 0.6) is 0 Å². The minimum Gasteiger partial charge on any atom is -0.398 e. The highest BCUT2D eigenvalue weighted by molar-refractivity contribution is 7.84. The number of aromatic nitrogens is 1. The van der Waals surface area contributed by atoms with Crippen LogP contribution in [-0.2, 0) is 16.6 Å². The quantitative estimate of drug-likeness (QED) is 0.755. The van der Waals surface area contributed by atoms with E-state index in [0.717, 1.165) is 16.5 Å². The van der Waals surface area contributed by atoms with Gasteiger partial charge in [-0.25, -0.2) is 4.39 Å². The number of fused-ring (bicyclic) bond motifs is 1. The first-order valence-corrected chi connectivity index (χ1v) is 7.73. The summed E-state index contributed by atoms with van der Waals surface area (Å²) < 4.78 is 25.8. The van der Waals surface area contributed by atoms with Gasteiger partial charge in [-0.3, -0.25) is 9.19 Å². The molecule has 0 aliphatic rings. The summed E-state index contributed by atoms with van der Waals surface area (Å²) >= 11 is 0. The molecule has 1 atom stereocenters. The Morgan fingerprint density at radius 1 is 1.14 bits per heavy atom. The second kappa shape index (κ2) is 5.61. The Balaban J connectivity index is 1.99. The molecule has 0 fully saturated rings. The largest absolute Gasteiger partial charge is 0.398 e. The number of halogens is 1. The van der Waals surface area contributed by atoms with E-state index in [1.165, 1.54) is 18.2 Å². The van der Waals surface area contributed by atoms with Crippen molar-refractivity contribution in [2.75, 3.05) is 5.73 Å². The molecule has 0 bridgehead atoms. The highest BCUT2D eigenvalue weighted by Crippen LogP contribution is 2.23. The van der Waals surface area contributed by atoms with E-state index < -0.39 is 16.6 Å². The van der Waals surface area contributed by atoms with Crippen molar-refractivity contribution in [2.24, 2.45) is 0 Å². The summed E-state index contributed by atoms with van der Waals surface area (Å²) in [6.07, 6.45) is 1.68. The lowest BCUT2D eigenvalue weighted by Crippen LogP contribution is -2.02. The molecule has 1 heterocycles. The van der Waals surface area contributed by atoms with Crippen molar-refractivity contribution in [3.05, 3.63) is 66.1 Å². The number of nitrogens with zero attached hydrogens (tertiary/aromatic N) is 1. The summed E-state index contributed by atoms with van der Waals surface area (Å²) in [5, 5.41) is 0.948. The maximum atomic E-state index is 13.3. The van der Waals surface area contributed by atoms with Crippen molar-refractivity contribution < 1.29 is 8.60 Å². The molecule has 106 valence electrons. The fourth-order valence-corrected chi connectivity index (χ4v) is 3.47. The van der Waals surface area contributed by atoms with Crippen LogP contribution in [0.2, 0.25) is 0 Å². The van der Waals surface area contributed by atoms with Crippen molar-refractivity contribution in [3.8, 4) is 0 Å². The molecule has 3 rings (SSSR count). The van der Waals surface area contributed by atoms with Gasteiger partial charge in [0.15, 0.2) is 0 Å². The first-order chi connectivity index (χ1) is 10.1. The van der Waals surface area contributed by atoms with Gasteiger partial charge in [-0.15, -0.1) is 0 Å². The minimum absolute atomic E-state index is 0.274. The molecule has 5 heteroatoms. The third-order valence-corrected chi connectivity index (χ3v) is 4.66. The molecule has 2 N–H and O–H groups in total. The fourth-order valence-electron chi connectivity index (χ4n) is 2.21. The smallest absolute Gasteiger partial charge is 0.124 e. The maximum Gasteiger partial charge on any atom is 0.124 e. The zero-order chi connectivity index (χ0) is 14.8. The van der Waals surface area contributed by atoms with Gasteiger partial charge in [0.1, 0.15) is 5.82 Å². The Hall–Kier alpha value is -2.27. The van der Waals surface area contributed by atoms with Crippen LogP contribution in [0.3, 0.4) is 0 Å². The lowest BCUT2D eigenvalue weighted by atomic mass is 10.1. The number of hydrogen-bond donors (Lipinski definition) is 1. The Morgan fingerprint density at radius 3 is 2.81 bits per heavy atom. The highest BCUT2D eigenvalue weighted by atomic mass is 32.2. The van der Waals surface area contributed by atoms with Crippen LogP contribution in [0.25, 0.3) is 10.9 Å². The SMILES string of the molecule is Nc1ccc(F)cc1S(=O)Cc1ccnc2ccccc12. The van der Waals surface area contributed by atoms with Crippen molar-refractivity contribution >= 4 is 27.4 Å². The number of para-hydroxylation sites is 1. The van der Waals surface area contributed by atoms with Crippen LogP contribution in [0.15, 0.2) is 59.6 Å². The number of nitrogens with two attached hydrogens (primary N) is 1. The Labute approximate surface area is 124 Å². The summed E-state index contributed by atoms with van der Waals surface area (Å²) in [4.78, 5) is 4.60. The number of pyridine rings is 1. The van der Waals surface area contributed by atoms with Crippen LogP contribution in [0, 0.1) is 5.82 Å². The molecule has 0 aliphatic heterocycles. The Kier molecular flexibility index (Phi) is 3.66. The van der Waals surface area contributed by atoms with Gasteiger partial charge in [-0.1, -0.05) is 18.2 Å². The third-order valence-electron chi connectivity index (χ3n) is 3.25. The lowest BCUT2D eigenvalue weighted by Gasteiger charge is -2.08. The monoisotopic (exact) mass is 300 g/mol. The molecule has 0 spiro atoms. The van der Waals surface area contributed by atoms with Gasteiger partial charge >= 0.3 is 0 Å². The number of hydrogen-bond acceptors (Lipinski definition) is 3. The van der Waals surface area contributed by atoms with E-state index in [0.29, 0.717) is 10.6 Å². The number of nitrogen functional groups attached to an aromatic ring is 1. The van der Waals surface area contributed by atoms with Gasteiger partial charge in [0.25, 0.3) is 0 Å². The van der Waals surface area contributed by atoms with Crippen LogP contribution < -0.4 is 5.73 Å². The summed E-state index contributed by atoms with van der Waals surface area (Å²) in [5.41, 5.74) is 7.88. The molecular weight excluding hydrogens is 287 g/mol. The molecule has 2 aromatic carbocycles. The van der Waals surface area contributed by atoms with Crippen molar-refractivity contribution in [1.29, 1.82) is 0 Å². The molecule has 1 aromatic heterocycles. The predicted octanol–water partition coefficient (Wildman–Crippen LogP) is 3.26. The van der Waals surface area contributed by atoms with E-state index in [2.05, 4.69) is 4.98 Å². The van der Waals surface area contributed by atoms with E-state index >= 15 is 0 Å². The topological polar surface area (TPSA) is 56.0 Å². The van der Waals surface area contributed by atoms with Gasteiger partial charge in [-0.05, 0) is 35.9 Å². The Morgan fingerprint density at radius 2 is 1.95 bits per heavy atom. The van der Waals surface area contributed by atoms with Crippen molar-refractivity contribution in [3.63, 3.8) is 0 Å². The Bertz CT molecular complexity index is 830. The molecule has 3 nitrogen and oxygen atoms in total. The third kappa shape index (κ3) is 2.78. The highest BCUT2D eigenvalue weighted by Gasteiger charge is 2.12. The van der Waals surface area contributed by atoms with E-state index in [-0.39, 0.29) is 5.75 Å². The van der Waals surface area contributed by atoms with E-state index in [9.17, 15) is 8.60 Å². The molecule has 0 aliphatic carbocycles. The minimum atomic E-state index is -1.41. The normalized spacial score (nSPS) is 12.4. The molecule has 3 aromatic rings. The van der Waals surface area contributed by atoms with Crippen LogP contribution in [0.4, 0.5) is 10.1 Å². The predicted molar refractivity (Wildman–Crippen MR) is 82.7 cm³/mol. The van der Waals surface area contributed by atoms with Gasteiger partial charge < -0.3 is 5.73 Å². The maximum absolute atomic E-state index is 13.3. The van der Waals surface area contributed by atoms with Crippen molar-refractivity contribution in [2.45, 2.75) is 10.6 Å². The zero-order valence-corrected chi connectivity index (χ0v) is 11.9. The molecule has 21 heavy (non-hydrogen) atoms.